The number of nitrogens with one attached hydrogen (secondary N) is 2. The van der Waals surface area contributed by atoms with Gasteiger partial charge in [0.15, 0.2) is 6.61 Å². The maximum atomic E-state index is 13.1. The van der Waals surface area contributed by atoms with Gasteiger partial charge >= 0.3 is 5.97 Å². The van der Waals surface area contributed by atoms with Crippen LogP contribution in [0.4, 0.5) is 5.69 Å². The second kappa shape index (κ2) is 7.47. The van der Waals surface area contributed by atoms with Crippen LogP contribution in [0.5, 0.6) is 0 Å². The Kier molecular flexibility index (Phi) is 5.13. The molecule has 0 radical (unpaired) electrons. The normalized spacial score (nSPS) is 31.9. The van der Waals surface area contributed by atoms with Gasteiger partial charge in [-0.05, 0) is 74.5 Å². The summed E-state index contributed by atoms with van der Waals surface area (Å²) in [5.41, 5.74) is 1.01. The summed E-state index contributed by atoms with van der Waals surface area (Å²) in [7, 11) is 0. The first-order chi connectivity index (χ1) is 13.8. The van der Waals surface area contributed by atoms with Crippen LogP contribution in [0.2, 0.25) is 0 Å². The van der Waals surface area contributed by atoms with E-state index in [1.54, 1.807) is 6.92 Å². The number of amides is 2. The summed E-state index contributed by atoms with van der Waals surface area (Å²) < 4.78 is 5.50. The Bertz CT molecular complexity index is 820. The summed E-state index contributed by atoms with van der Waals surface area (Å²) in [4.78, 5) is 37.1. The number of rotatable bonds is 6. The van der Waals surface area contributed by atoms with Crippen molar-refractivity contribution in [2.24, 2.45) is 17.3 Å². The summed E-state index contributed by atoms with van der Waals surface area (Å²) in [5.74, 6) is 0.248. The Hall–Kier alpha value is -2.37. The SMILES string of the molecule is CCc1cccc(NC(=O)COC(=O)C23C[C@@H]4C[C@H](CC(NC(C)=O)(C4)C2)C3)c1. The lowest BCUT2D eigenvalue weighted by Gasteiger charge is -2.60. The van der Waals surface area contributed by atoms with Crippen LogP contribution in [0.3, 0.4) is 0 Å². The van der Waals surface area contributed by atoms with Crippen molar-refractivity contribution in [3.63, 3.8) is 0 Å². The third kappa shape index (κ3) is 4.02. The first-order valence-corrected chi connectivity index (χ1v) is 10.7. The Morgan fingerprint density at radius 3 is 2.52 bits per heavy atom. The van der Waals surface area contributed by atoms with E-state index in [1.807, 2.05) is 24.3 Å². The lowest BCUT2D eigenvalue weighted by molar-refractivity contribution is -0.176. The molecule has 1 aromatic carbocycles. The molecular formula is C23H30N2O4. The van der Waals surface area contributed by atoms with Gasteiger partial charge in [-0.2, -0.15) is 0 Å². The molecule has 0 spiro atoms. The number of ether oxygens (including phenoxy) is 1. The Morgan fingerprint density at radius 2 is 1.86 bits per heavy atom. The number of benzene rings is 1. The molecule has 2 amide bonds. The van der Waals surface area contributed by atoms with Crippen molar-refractivity contribution in [2.75, 3.05) is 11.9 Å². The van der Waals surface area contributed by atoms with Gasteiger partial charge in [-0.1, -0.05) is 19.1 Å². The van der Waals surface area contributed by atoms with E-state index in [9.17, 15) is 14.4 Å². The van der Waals surface area contributed by atoms with Crippen molar-refractivity contribution < 1.29 is 19.1 Å². The molecule has 4 saturated carbocycles. The molecule has 0 aliphatic heterocycles. The second-order valence-electron chi connectivity index (χ2n) is 9.38. The topological polar surface area (TPSA) is 84.5 Å². The van der Waals surface area contributed by atoms with Gasteiger partial charge in [-0.15, -0.1) is 0 Å². The molecule has 0 aromatic heterocycles. The van der Waals surface area contributed by atoms with Gasteiger partial charge in [0.1, 0.15) is 0 Å². The van der Waals surface area contributed by atoms with Gasteiger partial charge in [0.2, 0.25) is 5.91 Å². The van der Waals surface area contributed by atoms with E-state index in [2.05, 4.69) is 17.6 Å². The zero-order valence-corrected chi connectivity index (χ0v) is 17.3. The smallest absolute Gasteiger partial charge is 0.312 e. The van der Waals surface area contributed by atoms with E-state index < -0.39 is 5.41 Å². The third-order valence-electron chi connectivity index (χ3n) is 6.89. The highest BCUT2D eigenvalue weighted by molar-refractivity contribution is 5.93. The molecule has 29 heavy (non-hydrogen) atoms. The molecule has 6 heteroatoms. The van der Waals surface area contributed by atoms with Crippen molar-refractivity contribution in [1.29, 1.82) is 0 Å². The first kappa shape index (κ1) is 19.9. The number of carbonyl (C=O) groups excluding carboxylic acids is 3. The molecule has 0 heterocycles. The van der Waals surface area contributed by atoms with Crippen LogP contribution in [-0.2, 0) is 25.5 Å². The minimum atomic E-state index is -0.561. The van der Waals surface area contributed by atoms with Crippen LogP contribution >= 0.6 is 0 Å². The molecule has 4 fully saturated rings. The Balaban J connectivity index is 1.39. The lowest BCUT2D eigenvalue weighted by Crippen LogP contribution is -2.64. The van der Waals surface area contributed by atoms with Gasteiger partial charge in [0.25, 0.3) is 5.91 Å². The Labute approximate surface area is 171 Å². The average molecular weight is 399 g/mol. The standard InChI is InChI=1S/C23H30N2O4/c1-3-16-5-4-6-19(8-16)24-20(27)13-29-21(28)22-9-17-7-18(10-22)12-23(11-17,14-22)25-15(2)26/h4-6,8,17-18H,3,7,9-14H2,1-2H3,(H,24,27)(H,25,26)/t17-,18-,22?,23?/m0/s1. The second-order valence-corrected chi connectivity index (χ2v) is 9.38. The minimum Gasteiger partial charge on any atom is -0.455 e. The van der Waals surface area contributed by atoms with E-state index in [0.29, 0.717) is 23.9 Å². The van der Waals surface area contributed by atoms with Crippen molar-refractivity contribution in [3.8, 4) is 0 Å². The number of aryl methyl sites for hydroxylation is 1. The van der Waals surface area contributed by atoms with Crippen LogP contribution < -0.4 is 10.6 Å². The fourth-order valence-electron chi connectivity index (χ4n) is 6.37. The summed E-state index contributed by atoms with van der Waals surface area (Å²) in [6, 6.07) is 7.66. The van der Waals surface area contributed by atoms with Gasteiger partial charge in [0, 0.05) is 18.2 Å². The van der Waals surface area contributed by atoms with Crippen molar-refractivity contribution in [2.45, 2.75) is 64.3 Å². The van der Waals surface area contributed by atoms with Crippen LogP contribution in [0.15, 0.2) is 24.3 Å². The Morgan fingerprint density at radius 1 is 1.14 bits per heavy atom. The zero-order chi connectivity index (χ0) is 20.6. The largest absolute Gasteiger partial charge is 0.455 e. The maximum Gasteiger partial charge on any atom is 0.312 e. The lowest BCUT2D eigenvalue weighted by atomic mass is 9.47. The fourth-order valence-corrected chi connectivity index (χ4v) is 6.37. The van der Waals surface area contributed by atoms with Crippen LogP contribution in [0.25, 0.3) is 0 Å². The monoisotopic (exact) mass is 398 g/mol. The van der Waals surface area contributed by atoms with Crippen LogP contribution in [0.1, 0.15) is 57.9 Å². The summed E-state index contributed by atoms with van der Waals surface area (Å²) in [5, 5.41) is 5.96. The molecule has 6 nitrogen and oxygen atoms in total. The third-order valence-corrected chi connectivity index (χ3v) is 6.89. The molecule has 0 saturated heterocycles. The number of carbonyl (C=O) groups is 3. The van der Waals surface area contributed by atoms with Crippen molar-refractivity contribution >= 4 is 23.5 Å². The molecule has 4 aliphatic rings. The predicted molar refractivity (Wildman–Crippen MR) is 109 cm³/mol. The van der Waals surface area contributed by atoms with Gasteiger partial charge < -0.3 is 15.4 Å². The predicted octanol–water partition coefficient (Wildman–Crippen LogP) is 3.21. The van der Waals surface area contributed by atoms with E-state index >= 15 is 0 Å². The highest BCUT2D eigenvalue weighted by Crippen LogP contribution is 2.62. The highest BCUT2D eigenvalue weighted by atomic mass is 16.5. The molecular weight excluding hydrogens is 368 g/mol. The van der Waals surface area contributed by atoms with Crippen molar-refractivity contribution in [3.05, 3.63) is 29.8 Å². The minimum absolute atomic E-state index is 0.0378. The number of hydrogen-bond donors (Lipinski definition) is 2. The van der Waals surface area contributed by atoms with Gasteiger partial charge in [0.05, 0.1) is 5.41 Å². The molecule has 156 valence electrons. The van der Waals surface area contributed by atoms with E-state index in [-0.39, 0.29) is 29.9 Å². The zero-order valence-electron chi connectivity index (χ0n) is 17.3. The summed E-state index contributed by atoms with van der Waals surface area (Å²) in [6.07, 6.45) is 6.17. The van der Waals surface area contributed by atoms with Crippen molar-refractivity contribution in [1.82, 2.24) is 5.32 Å². The number of anilines is 1. The van der Waals surface area contributed by atoms with Gasteiger partial charge in [-0.25, -0.2) is 0 Å². The number of hydrogen-bond acceptors (Lipinski definition) is 4. The van der Waals surface area contributed by atoms with E-state index in [1.165, 1.54) is 0 Å². The molecule has 5 rings (SSSR count). The molecule has 2 atom stereocenters. The highest BCUT2D eigenvalue weighted by Gasteiger charge is 2.61. The molecule has 1 aromatic rings. The fraction of sp³-hybridized carbons (Fsp3) is 0.609. The van der Waals surface area contributed by atoms with Gasteiger partial charge in [-0.3, -0.25) is 14.4 Å². The molecule has 0 unspecified atom stereocenters. The van der Waals surface area contributed by atoms with Crippen LogP contribution in [0, 0.1) is 17.3 Å². The maximum absolute atomic E-state index is 13.1. The molecule has 2 N–H and O–H groups in total. The summed E-state index contributed by atoms with van der Waals surface area (Å²) in [6.45, 7) is 3.32. The van der Waals surface area contributed by atoms with Crippen LogP contribution in [-0.4, -0.2) is 29.9 Å². The van der Waals surface area contributed by atoms with E-state index in [0.717, 1.165) is 44.1 Å². The first-order valence-electron chi connectivity index (χ1n) is 10.7. The molecule has 4 aliphatic carbocycles. The number of esters is 1. The summed E-state index contributed by atoms with van der Waals surface area (Å²) >= 11 is 0. The molecule has 4 bridgehead atoms. The quantitative estimate of drug-likeness (QED) is 0.721. The van der Waals surface area contributed by atoms with E-state index in [4.69, 9.17) is 4.74 Å². The average Bonchev–Trinajstić information content (AvgIpc) is 2.64.